The van der Waals surface area contributed by atoms with E-state index in [0.717, 1.165) is 32.8 Å². The molecule has 7 heteroatoms. The lowest BCUT2D eigenvalue weighted by atomic mass is 10.0. The Balaban J connectivity index is 1.63. The third-order valence-electron chi connectivity index (χ3n) is 4.41. The Kier molecular flexibility index (Phi) is 5.45. The predicted octanol–water partition coefficient (Wildman–Crippen LogP) is 5.59. The van der Waals surface area contributed by atoms with E-state index in [1.807, 2.05) is 0 Å². The molecule has 0 aliphatic heterocycles. The van der Waals surface area contributed by atoms with E-state index in [1.165, 1.54) is 12.7 Å². The summed E-state index contributed by atoms with van der Waals surface area (Å²) in [5.41, 5.74) is 3.61. The minimum Gasteiger partial charge on any atom is -0.463 e. The zero-order valence-corrected chi connectivity index (χ0v) is 17.1. The van der Waals surface area contributed by atoms with Crippen LogP contribution in [0.3, 0.4) is 0 Å². The second kappa shape index (κ2) is 8.16. The van der Waals surface area contributed by atoms with Crippen LogP contribution in [0.1, 0.15) is 28.8 Å². The molecule has 0 saturated heterocycles. The number of nitrogens with zero attached hydrogens (tertiary/aromatic N) is 2. The number of carbonyl (C=O) groups excluding carboxylic acids is 1. The molecule has 4 aromatic rings. The minimum absolute atomic E-state index is 0.207. The number of aromatic nitrogens is 2. The van der Waals surface area contributed by atoms with Gasteiger partial charge >= 0.3 is 5.97 Å². The molecule has 5 nitrogen and oxygen atoms in total. The van der Waals surface area contributed by atoms with Crippen molar-refractivity contribution in [1.82, 2.24) is 9.97 Å². The largest absolute Gasteiger partial charge is 0.463 e. The van der Waals surface area contributed by atoms with Gasteiger partial charge in [0.15, 0.2) is 0 Å². The fourth-order valence-electron chi connectivity index (χ4n) is 2.89. The van der Waals surface area contributed by atoms with E-state index in [0.29, 0.717) is 11.5 Å². The van der Waals surface area contributed by atoms with Gasteiger partial charge < -0.3 is 9.15 Å². The molecule has 0 N–H and O–H groups in total. The minimum atomic E-state index is -0.476. The maximum atomic E-state index is 11.5. The fraction of sp³-hybridized carbons (Fsp3) is 0.190. The Hall–Kier alpha value is -2.64. The molecule has 142 valence electrons. The first-order valence-electron chi connectivity index (χ1n) is 8.81. The molecule has 3 aromatic heterocycles. The Labute approximate surface area is 170 Å². The summed E-state index contributed by atoms with van der Waals surface area (Å²) in [7, 11) is 1.34. The molecular weight excluding hydrogens is 392 g/mol. The number of fused-ring (bicyclic) bond motifs is 1. The lowest BCUT2D eigenvalue weighted by Gasteiger charge is -2.05. The van der Waals surface area contributed by atoms with E-state index < -0.39 is 5.97 Å². The number of esters is 1. The molecule has 0 aliphatic rings. The molecular formula is C21H18N2O3S2. The van der Waals surface area contributed by atoms with Crippen LogP contribution < -0.4 is 0 Å². The quantitative estimate of drug-likeness (QED) is 0.234. The molecule has 3 heterocycles. The van der Waals surface area contributed by atoms with Crippen molar-refractivity contribution in [1.29, 1.82) is 0 Å². The lowest BCUT2D eigenvalue weighted by Crippen LogP contribution is -1.98. The van der Waals surface area contributed by atoms with E-state index in [1.54, 1.807) is 41.6 Å². The van der Waals surface area contributed by atoms with Gasteiger partial charge in [-0.3, -0.25) is 0 Å². The normalized spacial score (nSPS) is 11.1. The molecule has 0 radical (unpaired) electrons. The van der Waals surface area contributed by atoms with Crippen molar-refractivity contribution in [3.8, 4) is 11.1 Å². The summed E-state index contributed by atoms with van der Waals surface area (Å²) in [4.78, 5) is 21.4. The first-order chi connectivity index (χ1) is 13.7. The van der Waals surface area contributed by atoms with Gasteiger partial charge in [0, 0.05) is 10.9 Å². The average Bonchev–Trinajstić information content (AvgIpc) is 3.39. The highest BCUT2D eigenvalue weighted by molar-refractivity contribution is 7.98. The number of thiophene rings is 1. The van der Waals surface area contributed by atoms with Gasteiger partial charge in [0.2, 0.25) is 5.76 Å². The highest BCUT2D eigenvalue weighted by Gasteiger charge is 2.15. The van der Waals surface area contributed by atoms with Gasteiger partial charge in [0.25, 0.3) is 0 Å². The molecule has 0 bridgehead atoms. The average molecular weight is 411 g/mol. The molecule has 0 spiro atoms. The highest BCUT2D eigenvalue weighted by Crippen LogP contribution is 2.38. The first kappa shape index (κ1) is 18.7. The number of hydrogen-bond acceptors (Lipinski definition) is 7. The van der Waals surface area contributed by atoms with Crippen LogP contribution in [0.15, 0.2) is 57.5 Å². The summed E-state index contributed by atoms with van der Waals surface area (Å²) >= 11 is 3.18. The molecule has 4 rings (SSSR count). The topological polar surface area (TPSA) is 65.2 Å². The van der Waals surface area contributed by atoms with E-state index in [2.05, 4.69) is 51.3 Å². The molecule has 0 fully saturated rings. The molecule has 1 aromatic carbocycles. The number of hydrogen-bond donors (Lipinski definition) is 0. The van der Waals surface area contributed by atoms with Crippen LogP contribution in [-0.2, 0) is 16.9 Å². The monoisotopic (exact) mass is 410 g/mol. The van der Waals surface area contributed by atoms with Crippen LogP contribution in [-0.4, -0.2) is 23.0 Å². The zero-order chi connectivity index (χ0) is 19.5. The number of rotatable bonds is 6. The molecule has 0 saturated carbocycles. The van der Waals surface area contributed by atoms with Gasteiger partial charge in [-0.2, -0.15) is 0 Å². The maximum Gasteiger partial charge on any atom is 0.373 e. The SMILES string of the molecule is CCc1ccc(-c2csc3ncnc(SCc4ccc(C(=O)OC)o4)c23)cc1. The molecule has 28 heavy (non-hydrogen) atoms. The summed E-state index contributed by atoms with van der Waals surface area (Å²) in [6.45, 7) is 2.15. The van der Waals surface area contributed by atoms with Gasteiger partial charge in [-0.1, -0.05) is 43.0 Å². The second-order valence-electron chi connectivity index (χ2n) is 6.11. The summed E-state index contributed by atoms with van der Waals surface area (Å²) in [6.07, 6.45) is 2.61. The highest BCUT2D eigenvalue weighted by atomic mass is 32.2. The Morgan fingerprint density at radius 3 is 2.75 bits per heavy atom. The van der Waals surface area contributed by atoms with E-state index >= 15 is 0 Å². The van der Waals surface area contributed by atoms with Gasteiger partial charge in [-0.05, 0) is 29.7 Å². The van der Waals surface area contributed by atoms with Crippen LogP contribution in [0.2, 0.25) is 0 Å². The lowest BCUT2D eigenvalue weighted by molar-refractivity contribution is 0.0563. The maximum absolute atomic E-state index is 11.5. The molecule has 0 amide bonds. The van der Waals surface area contributed by atoms with Crippen LogP contribution in [0, 0.1) is 0 Å². The summed E-state index contributed by atoms with van der Waals surface area (Å²) < 4.78 is 10.2. The number of carbonyl (C=O) groups is 1. The Morgan fingerprint density at radius 2 is 2.00 bits per heavy atom. The molecule has 0 atom stereocenters. The van der Waals surface area contributed by atoms with Crippen molar-refractivity contribution < 1.29 is 13.9 Å². The van der Waals surface area contributed by atoms with Crippen molar-refractivity contribution in [3.05, 3.63) is 65.2 Å². The predicted molar refractivity (Wildman–Crippen MR) is 112 cm³/mol. The Morgan fingerprint density at radius 1 is 1.18 bits per heavy atom. The third-order valence-corrected chi connectivity index (χ3v) is 6.31. The summed E-state index contributed by atoms with van der Waals surface area (Å²) in [5.74, 6) is 0.989. The van der Waals surface area contributed by atoms with Crippen molar-refractivity contribution >= 4 is 39.3 Å². The van der Waals surface area contributed by atoms with Gasteiger partial charge in [-0.25, -0.2) is 14.8 Å². The smallest absolute Gasteiger partial charge is 0.373 e. The summed E-state index contributed by atoms with van der Waals surface area (Å²) in [5, 5.41) is 4.09. The van der Waals surface area contributed by atoms with Gasteiger partial charge in [0.05, 0.1) is 18.2 Å². The van der Waals surface area contributed by atoms with E-state index in [-0.39, 0.29) is 5.76 Å². The second-order valence-corrected chi connectivity index (χ2v) is 7.93. The zero-order valence-electron chi connectivity index (χ0n) is 15.5. The van der Waals surface area contributed by atoms with Crippen LogP contribution >= 0.6 is 23.1 Å². The molecule has 0 unspecified atom stereocenters. The van der Waals surface area contributed by atoms with Crippen LogP contribution in [0.25, 0.3) is 21.3 Å². The third kappa shape index (κ3) is 3.68. The van der Waals surface area contributed by atoms with Crippen LogP contribution in [0.4, 0.5) is 0 Å². The van der Waals surface area contributed by atoms with Gasteiger partial charge in [0.1, 0.15) is 21.9 Å². The van der Waals surface area contributed by atoms with E-state index in [9.17, 15) is 4.79 Å². The van der Waals surface area contributed by atoms with E-state index in [4.69, 9.17) is 4.42 Å². The number of aryl methyl sites for hydroxylation is 1. The number of thioether (sulfide) groups is 1. The molecule has 0 aliphatic carbocycles. The number of ether oxygens (including phenoxy) is 1. The summed E-state index contributed by atoms with van der Waals surface area (Å²) in [6, 6.07) is 12.0. The van der Waals surface area contributed by atoms with Crippen molar-refractivity contribution in [2.45, 2.75) is 24.1 Å². The van der Waals surface area contributed by atoms with Crippen molar-refractivity contribution in [3.63, 3.8) is 0 Å². The fourth-order valence-corrected chi connectivity index (χ4v) is 4.78. The van der Waals surface area contributed by atoms with Gasteiger partial charge in [-0.15, -0.1) is 11.3 Å². The first-order valence-corrected chi connectivity index (χ1v) is 10.7. The van der Waals surface area contributed by atoms with Crippen molar-refractivity contribution in [2.24, 2.45) is 0 Å². The standard InChI is InChI=1S/C21H18N2O3S2/c1-3-13-4-6-14(7-5-13)16-11-28-20-18(16)19(22-12-23-20)27-10-15-8-9-17(26-15)21(24)25-2/h4-9,11-12H,3,10H2,1-2H3. The van der Waals surface area contributed by atoms with Crippen LogP contribution in [0.5, 0.6) is 0 Å². The Bertz CT molecular complexity index is 1120. The number of methoxy groups -OCH3 is 1. The number of benzene rings is 1. The number of furan rings is 1. The van der Waals surface area contributed by atoms with Crippen molar-refractivity contribution in [2.75, 3.05) is 7.11 Å².